The smallest absolute Gasteiger partial charge is 0.317 e. The maximum Gasteiger partial charge on any atom is 0.317 e. The zero-order valence-corrected chi connectivity index (χ0v) is 15.6. The fourth-order valence-electron chi connectivity index (χ4n) is 2.95. The van der Waals surface area contributed by atoms with Gasteiger partial charge in [-0.2, -0.15) is 0 Å². The number of ether oxygens (including phenoxy) is 2. The largest absolute Gasteiger partial charge is 0.484 e. The van der Waals surface area contributed by atoms with E-state index in [0.29, 0.717) is 19.6 Å². The second kappa shape index (κ2) is 8.10. The van der Waals surface area contributed by atoms with Crippen molar-refractivity contribution in [3.63, 3.8) is 0 Å². The predicted molar refractivity (Wildman–Crippen MR) is 99.8 cm³/mol. The van der Waals surface area contributed by atoms with Crippen molar-refractivity contribution in [2.75, 3.05) is 44.3 Å². The number of thiazole rings is 1. The lowest BCUT2D eigenvalue weighted by Gasteiger charge is -2.38. The highest BCUT2D eigenvalue weighted by molar-refractivity contribution is 7.13. The van der Waals surface area contributed by atoms with Crippen LogP contribution >= 0.6 is 11.3 Å². The molecule has 0 aliphatic carbocycles. The molecule has 144 valence electrons. The summed E-state index contributed by atoms with van der Waals surface area (Å²) in [6.45, 7) is 4.39. The standard InChI is InChI=1S/C18H21FN4O3S/c19-15-3-1-2-4-16(15)26-14-10-23(11-14)17(24)20-9-13-12-27-18(21-13)22-5-7-25-8-6-22/h1-4,12,14H,5-11H2,(H,20,24). The molecule has 0 spiro atoms. The Bertz CT molecular complexity index is 790. The fourth-order valence-corrected chi connectivity index (χ4v) is 3.83. The van der Waals surface area contributed by atoms with Gasteiger partial charge >= 0.3 is 6.03 Å². The minimum atomic E-state index is -0.389. The van der Waals surface area contributed by atoms with Crippen LogP contribution in [0.2, 0.25) is 0 Å². The SMILES string of the molecule is O=C(NCc1csc(N2CCOCC2)n1)N1CC(Oc2ccccc2F)C1. The number of likely N-dealkylation sites (tertiary alicyclic amines) is 1. The van der Waals surface area contributed by atoms with Crippen molar-refractivity contribution in [2.45, 2.75) is 12.6 Å². The van der Waals surface area contributed by atoms with Gasteiger partial charge < -0.3 is 24.6 Å². The van der Waals surface area contributed by atoms with Crippen molar-refractivity contribution in [2.24, 2.45) is 0 Å². The molecule has 2 amide bonds. The highest BCUT2D eigenvalue weighted by Gasteiger charge is 2.32. The molecule has 4 rings (SSSR count). The quantitative estimate of drug-likeness (QED) is 0.844. The maximum absolute atomic E-state index is 13.6. The molecule has 7 nitrogen and oxygen atoms in total. The molecule has 2 aliphatic heterocycles. The van der Waals surface area contributed by atoms with E-state index < -0.39 is 0 Å². The summed E-state index contributed by atoms with van der Waals surface area (Å²) in [7, 11) is 0. The first-order valence-electron chi connectivity index (χ1n) is 8.90. The lowest BCUT2D eigenvalue weighted by molar-refractivity contribution is 0.0418. The summed E-state index contributed by atoms with van der Waals surface area (Å²) < 4.78 is 24.5. The molecule has 27 heavy (non-hydrogen) atoms. The van der Waals surface area contributed by atoms with Crippen LogP contribution in [0.1, 0.15) is 5.69 Å². The predicted octanol–water partition coefficient (Wildman–Crippen LogP) is 2.09. The number of halogens is 1. The number of carbonyl (C=O) groups is 1. The van der Waals surface area contributed by atoms with Crippen LogP contribution in [0.4, 0.5) is 14.3 Å². The molecular weight excluding hydrogens is 371 g/mol. The number of para-hydroxylation sites is 1. The van der Waals surface area contributed by atoms with Gasteiger partial charge in [0.15, 0.2) is 16.7 Å². The van der Waals surface area contributed by atoms with E-state index in [0.717, 1.165) is 37.1 Å². The summed E-state index contributed by atoms with van der Waals surface area (Å²) >= 11 is 1.58. The van der Waals surface area contributed by atoms with Crippen LogP contribution in [-0.2, 0) is 11.3 Å². The number of aromatic nitrogens is 1. The molecule has 0 atom stereocenters. The van der Waals surface area contributed by atoms with Gasteiger partial charge in [-0.1, -0.05) is 12.1 Å². The van der Waals surface area contributed by atoms with Gasteiger partial charge in [-0.05, 0) is 12.1 Å². The average molecular weight is 392 g/mol. The van der Waals surface area contributed by atoms with E-state index in [1.807, 2.05) is 5.38 Å². The van der Waals surface area contributed by atoms with Crippen molar-refractivity contribution in [1.29, 1.82) is 0 Å². The van der Waals surface area contributed by atoms with Gasteiger partial charge in [0.2, 0.25) is 0 Å². The Hall–Kier alpha value is -2.39. The Labute approximate surface area is 160 Å². The number of anilines is 1. The maximum atomic E-state index is 13.6. The first kappa shape index (κ1) is 18.0. The Morgan fingerprint density at radius 2 is 2.11 bits per heavy atom. The number of hydrogen-bond acceptors (Lipinski definition) is 6. The zero-order valence-electron chi connectivity index (χ0n) is 14.8. The second-order valence-corrected chi connectivity index (χ2v) is 7.29. The minimum Gasteiger partial charge on any atom is -0.484 e. The van der Waals surface area contributed by atoms with Gasteiger partial charge in [-0.15, -0.1) is 11.3 Å². The van der Waals surface area contributed by atoms with E-state index >= 15 is 0 Å². The number of carbonyl (C=O) groups excluding carboxylic acids is 1. The zero-order chi connectivity index (χ0) is 18.6. The monoisotopic (exact) mass is 392 g/mol. The lowest BCUT2D eigenvalue weighted by atomic mass is 10.2. The van der Waals surface area contributed by atoms with Crippen LogP contribution in [0.15, 0.2) is 29.6 Å². The molecule has 1 aromatic carbocycles. The third-order valence-electron chi connectivity index (χ3n) is 4.51. The van der Waals surface area contributed by atoms with Crippen LogP contribution in [0.5, 0.6) is 5.75 Å². The molecule has 0 saturated carbocycles. The summed E-state index contributed by atoms with van der Waals surface area (Å²) in [5, 5.41) is 5.80. The van der Waals surface area contributed by atoms with E-state index in [-0.39, 0.29) is 23.7 Å². The number of benzene rings is 1. The Morgan fingerprint density at radius 3 is 2.89 bits per heavy atom. The van der Waals surface area contributed by atoms with E-state index in [2.05, 4.69) is 15.2 Å². The van der Waals surface area contributed by atoms with Crippen molar-refractivity contribution >= 4 is 22.5 Å². The normalized spacial score (nSPS) is 17.5. The van der Waals surface area contributed by atoms with Gasteiger partial charge in [-0.3, -0.25) is 0 Å². The van der Waals surface area contributed by atoms with Gasteiger partial charge in [0.05, 0.1) is 38.5 Å². The van der Waals surface area contributed by atoms with Gasteiger partial charge in [0, 0.05) is 18.5 Å². The van der Waals surface area contributed by atoms with Gasteiger partial charge in [-0.25, -0.2) is 14.2 Å². The number of amides is 2. The van der Waals surface area contributed by atoms with Crippen LogP contribution in [-0.4, -0.2) is 61.4 Å². The molecule has 0 radical (unpaired) electrons. The van der Waals surface area contributed by atoms with Crippen molar-refractivity contribution < 1.29 is 18.7 Å². The van der Waals surface area contributed by atoms with E-state index in [4.69, 9.17) is 9.47 Å². The molecular formula is C18H21FN4O3S. The number of morpholine rings is 1. The molecule has 9 heteroatoms. The number of hydrogen-bond donors (Lipinski definition) is 1. The highest BCUT2D eigenvalue weighted by Crippen LogP contribution is 2.22. The topological polar surface area (TPSA) is 66.9 Å². The summed E-state index contributed by atoms with van der Waals surface area (Å²) in [6, 6.07) is 6.13. The number of nitrogens with zero attached hydrogens (tertiary/aromatic N) is 3. The molecule has 2 fully saturated rings. The van der Waals surface area contributed by atoms with E-state index in [1.54, 1.807) is 34.4 Å². The summed E-state index contributed by atoms with van der Waals surface area (Å²) in [6.07, 6.45) is -0.181. The number of nitrogens with one attached hydrogen (secondary N) is 1. The summed E-state index contributed by atoms with van der Waals surface area (Å²) in [5.41, 5.74) is 0.842. The molecule has 1 N–H and O–H groups in total. The lowest BCUT2D eigenvalue weighted by Crippen LogP contribution is -2.58. The second-order valence-electron chi connectivity index (χ2n) is 6.45. The molecule has 2 aromatic rings. The molecule has 2 saturated heterocycles. The Morgan fingerprint density at radius 1 is 1.33 bits per heavy atom. The molecule has 2 aliphatic rings. The number of rotatable bonds is 5. The Balaban J connectivity index is 1.21. The third kappa shape index (κ3) is 4.30. The van der Waals surface area contributed by atoms with Crippen LogP contribution in [0.25, 0.3) is 0 Å². The Kier molecular flexibility index (Phi) is 5.40. The van der Waals surface area contributed by atoms with E-state index in [9.17, 15) is 9.18 Å². The van der Waals surface area contributed by atoms with E-state index in [1.165, 1.54) is 6.07 Å². The highest BCUT2D eigenvalue weighted by atomic mass is 32.1. The fraction of sp³-hybridized carbons (Fsp3) is 0.444. The molecule has 1 aromatic heterocycles. The summed E-state index contributed by atoms with van der Waals surface area (Å²) in [5.74, 6) is -0.166. The number of urea groups is 1. The van der Waals surface area contributed by atoms with Crippen molar-refractivity contribution in [1.82, 2.24) is 15.2 Å². The summed E-state index contributed by atoms with van der Waals surface area (Å²) in [4.78, 5) is 20.6. The molecule has 0 bridgehead atoms. The van der Waals surface area contributed by atoms with Gasteiger partial charge in [0.25, 0.3) is 0 Å². The van der Waals surface area contributed by atoms with Crippen LogP contribution in [0, 0.1) is 5.82 Å². The molecule has 3 heterocycles. The first-order valence-corrected chi connectivity index (χ1v) is 9.78. The molecule has 0 unspecified atom stereocenters. The van der Waals surface area contributed by atoms with Crippen LogP contribution in [0.3, 0.4) is 0 Å². The van der Waals surface area contributed by atoms with Gasteiger partial charge in [0.1, 0.15) is 6.10 Å². The van der Waals surface area contributed by atoms with Crippen molar-refractivity contribution in [3.05, 3.63) is 41.2 Å². The first-order chi connectivity index (χ1) is 13.2. The average Bonchev–Trinajstić information content (AvgIpc) is 3.13. The van der Waals surface area contributed by atoms with Crippen LogP contribution < -0.4 is 15.0 Å². The third-order valence-corrected chi connectivity index (χ3v) is 5.46. The van der Waals surface area contributed by atoms with Crippen molar-refractivity contribution in [3.8, 4) is 5.75 Å². The minimum absolute atomic E-state index is 0.163.